The Labute approximate surface area is 108 Å². The van der Waals surface area contributed by atoms with E-state index in [4.69, 9.17) is 0 Å². The van der Waals surface area contributed by atoms with Gasteiger partial charge in [0.05, 0.1) is 12.5 Å². The number of carbonyl (C=O) groups excluding carboxylic acids is 2. The second-order valence-corrected chi connectivity index (χ2v) is 4.16. The summed E-state index contributed by atoms with van der Waals surface area (Å²) in [5.41, 5.74) is 0. The van der Waals surface area contributed by atoms with Crippen molar-refractivity contribution in [2.24, 2.45) is 0 Å². The number of amides is 2. The molecule has 0 saturated carbocycles. The van der Waals surface area contributed by atoms with Gasteiger partial charge in [-0.05, 0) is 14.1 Å². The van der Waals surface area contributed by atoms with Crippen LogP contribution in [0.1, 0.15) is 6.42 Å². The summed E-state index contributed by atoms with van der Waals surface area (Å²) in [5, 5.41) is 8.52. The van der Waals surface area contributed by atoms with Crippen LogP contribution in [0.25, 0.3) is 0 Å². The molecule has 1 unspecified atom stereocenters. The van der Waals surface area contributed by atoms with Crippen molar-refractivity contribution in [2.45, 2.75) is 12.5 Å². The normalized spacial score (nSPS) is 19.5. The number of piperazine rings is 1. The minimum absolute atomic E-state index is 0. The van der Waals surface area contributed by atoms with Crippen LogP contribution in [-0.4, -0.2) is 63.0 Å². The van der Waals surface area contributed by atoms with Gasteiger partial charge in [0.2, 0.25) is 11.8 Å². The Morgan fingerprint density at radius 3 is 2.76 bits per heavy atom. The Bertz CT molecular complexity index is 261. The van der Waals surface area contributed by atoms with Gasteiger partial charge in [0.25, 0.3) is 0 Å². The zero-order chi connectivity index (χ0) is 12.0. The summed E-state index contributed by atoms with van der Waals surface area (Å²) in [7, 11) is 3.89. The van der Waals surface area contributed by atoms with Gasteiger partial charge in [0, 0.05) is 26.2 Å². The number of likely N-dealkylation sites (N-methyl/N-ethyl adjacent to an activating group) is 1. The third kappa shape index (κ3) is 6.45. The van der Waals surface area contributed by atoms with E-state index < -0.39 is 0 Å². The molecule has 2 amide bonds. The van der Waals surface area contributed by atoms with Crippen LogP contribution in [0.5, 0.6) is 0 Å². The first-order valence-corrected chi connectivity index (χ1v) is 5.52. The van der Waals surface area contributed by atoms with Gasteiger partial charge in [-0.25, -0.2) is 0 Å². The van der Waals surface area contributed by atoms with E-state index in [1.165, 1.54) is 0 Å². The maximum atomic E-state index is 11.5. The highest BCUT2D eigenvalue weighted by molar-refractivity contribution is 5.88. The van der Waals surface area contributed by atoms with E-state index in [-0.39, 0.29) is 36.7 Å². The molecule has 0 spiro atoms. The van der Waals surface area contributed by atoms with Crippen LogP contribution in [0, 0.1) is 0 Å². The Hall–Kier alpha value is -0.850. The molecule has 3 N–H and O–H groups in total. The summed E-state index contributed by atoms with van der Waals surface area (Å²) < 4.78 is 0. The molecule has 1 aliphatic heterocycles. The second-order valence-electron chi connectivity index (χ2n) is 4.16. The van der Waals surface area contributed by atoms with Crippen LogP contribution in [-0.2, 0) is 9.59 Å². The molecule has 0 aliphatic carbocycles. The zero-order valence-electron chi connectivity index (χ0n) is 10.3. The monoisotopic (exact) mass is 264 g/mol. The van der Waals surface area contributed by atoms with Crippen molar-refractivity contribution in [3.05, 3.63) is 0 Å². The molecular formula is C10H21ClN4O2. The van der Waals surface area contributed by atoms with Crippen molar-refractivity contribution in [3.63, 3.8) is 0 Å². The molecule has 0 aromatic heterocycles. The summed E-state index contributed by atoms with van der Waals surface area (Å²) >= 11 is 0. The lowest BCUT2D eigenvalue weighted by Gasteiger charge is -2.23. The van der Waals surface area contributed by atoms with Gasteiger partial charge in [0.15, 0.2) is 0 Å². The fourth-order valence-corrected chi connectivity index (χ4v) is 1.49. The molecule has 1 saturated heterocycles. The molecule has 0 radical (unpaired) electrons. The number of carbonyl (C=O) groups is 2. The van der Waals surface area contributed by atoms with E-state index in [1.807, 2.05) is 19.0 Å². The van der Waals surface area contributed by atoms with Crippen molar-refractivity contribution in [2.75, 3.05) is 40.3 Å². The number of nitrogens with one attached hydrogen (secondary N) is 3. The van der Waals surface area contributed by atoms with Crippen LogP contribution in [0.2, 0.25) is 0 Å². The number of hydrogen-bond acceptors (Lipinski definition) is 4. The standard InChI is InChI=1S/C10H20N4O2.ClH/c1-14(2)6-5-12-9(15)7-8-10(16)13-4-3-11-8;/h8,11H,3-7H2,1-2H3,(H,12,15)(H,13,16);1H. The molecule has 1 heterocycles. The second kappa shape index (κ2) is 8.27. The third-order valence-corrected chi connectivity index (χ3v) is 2.40. The van der Waals surface area contributed by atoms with Crippen molar-refractivity contribution in [3.8, 4) is 0 Å². The zero-order valence-corrected chi connectivity index (χ0v) is 11.1. The van der Waals surface area contributed by atoms with Crippen LogP contribution >= 0.6 is 12.4 Å². The molecule has 6 nitrogen and oxygen atoms in total. The van der Waals surface area contributed by atoms with E-state index in [0.29, 0.717) is 13.1 Å². The van der Waals surface area contributed by atoms with Crippen LogP contribution in [0.4, 0.5) is 0 Å². The van der Waals surface area contributed by atoms with Gasteiger partial charge in [-0.2, -0.15) is 0 Å². The Morgan fingerprint density at radius 1 is 1.47 bits per heavy atom. The summed E-state index contributed by atoms with van der Waals surface area (Å²) in [6.07, 6.45) is 0.208. The highest BCUT2D eigenvalue weighted by atomic mass is 35.5. The molecule has 1 fully saturated rings. The van der Waals surface area contributed by atoms with Crippen molar-refractivity contribution in [1.29, 1.82) is 0 Å². The summed E-state index contributed by atoms with van der Waals surface area (Å²) in [4.78, 5) is 24.8. The molecule has 100 valence electrons. The van der Waals surface area contributed by atoms with Crippen LogP contribution in [0.15, 0.2) is 0 Å². The molecule has 1 atom stereocenters. The van der Waals surface area contributed by atoms with Gasteiger partial charge in [-0.1, -0.05) is 0 Å². The van der Waals surface area contributed by atoms with Crippen LogP contribution < -0.4 is 16.0 Å². The highest BCUT2D eigenvalue weighted by Crippen LogP contribution is 1.95. The minimum atomic E-state index is -0.381. The van der Waals surface area contributed by atoms with Crippen molar-refractivity contribution < 1.29 is 9.59 Å². The van der Waals surface area contributed by atoms with Gasteiger partial charge in [-0.3, -0.25) is 9.59 Å². The quantitative estimate of drug-likeness (QED) is 0.569. The molecule has 1 aliphatic rings. The lowest BCUT2D eigenvalue weighted by molar-refractivity contribution is -0.129. The molecule has 7 heteroatoms. The van der Waals surface area contributed by atoms with Gasteiger partial charge in [-0.15, -0.1) is 12.4 Å². The Kier molecular flexibility index (Phi) is 7.86. The first-order valence-electron chi connectivity index (χ1n) is 5.52. The lowest BCUT2D eigenvalue weighted by Crippen LogP contribution is -2.54. The van der Waals surface area contributed by atoms with Crippen LogP contribution in [0.3, 0.4) is 0 Å². The fourth-order valence-electron chi connectivity index (χ4n) is 1.49. The molecular weight excluding hydrogens is 244 g/mol. The number of nitrogens with zero attached hydrogens (tertiary/aromatic N) is 1. The predicted molar refractivity (Wildman–Crippen MR) is 68.2 cm³/mol. The smallest absolute Gasteiger partial charge is 0.237 e. The lowest BCUT2D eigenvalue weighted by atomic mass is 10.1. The van der Waals surface area contributed by atoms with Crippen molar-refractivity contribution in [1.82, 2.24) is 20.9 Å². The first kappa shape index (κ1) is 16.1. The number of halogens is 1. The first-order chi connectivity index (χ1) is 7.59. The number of rotatable bonds is 5. The molecule has 17 heavy (non-hydrogen) atoms. The third-order valence-electron chi connectivity index (χ3n) is 2.40. The van der Waals surface area contributed by atoms with E-state index >= 15 is 0 Å². The predicted octanol–water partition coefficient (Wildman–Crippen LogP) is -1.44. The molecule has 0 aromatic carbocycles. The summed E-state index contributed by atoms with van der Waals surface area (Å²) in [5.74, 6) is -0.176. The van der Waals surface area contributed by atoms with Gasteiger partial charge in [0.1, 0.15) is 0 Å². The largest absolute Gasteiger partial charge is 0.355 e. The average molecular weight is 265 g/mol. The highest BCUT2D eigenvalue weighted by Gasteiger charge is 2.23. The maximum absolute atomic E-state index is 11.5. The molecule has 0 aromatic rings. The van der Waals surface area contributed by atoms with E-state index in [1.54, 1.807) is 0 Å². The van der Waals surface area contributed by atoms with E-state index in [9.17, 15) is 9.59 Å². The van der Waals surface area contributed by atoms with E-state index in [0.717, 1.165) is 13.1 Å². The fraction of sp³-hybridized carbons (Fsp3) is 0.800. The molecule has 1 rings (SSSR count). The van der Waals surface area contributed by atoms with Gasteiger partial charge < -0.3 is 20.9 Å². The topological polar surface area (TPSA) is 73.5 Å². The molecule has 0 bridgehead atoms. The minimum Gasteiger partial charge on any atom is -0.355 e. The summed E-state index contributed by atoms with van der Waals surface area (Å²) in [6, 6.07) is -0.381. The Morgan fingerprint density at radius 2 is 2.18 bits per heavy atom. The Balaban J connectivity index is 0.00000256. The number of hydrogen-bond donors (Lipinski definition) is 3. The SMILES string of the molecule is CN(C)CCNC(=O)CC1NCCNC1=O.Cl. The average Bonchev–Trinajstić information content (AvgIpc) is 2.21. The van der Waals surface area contributed by atoms with Gasteiger partial charge >= 0.3 is 0 Å². The van der Waals surface area contributed by atoms with Crippen molar-refractivity contribution >= 4 is 24.2 Å². The maximum Gasteiger partial charge on any atom is 0.237 e. The van der Waals surface area contributed by atoms with E-state index in [2.05, 4.69) is 16.0 Å². The summed E-state index contributed by atoms with van der Waals surface area (Å²) in [6.45, 7) is 2.77.